The Balaban J connectivity index is 1.49. The molecule has 29 heavy (non-hydrogen) atoms. The minimum Gasteiger partial charge on any atom is -0.341 e. The third-order valence-corrected chi connectivity index (χ3v) is 6.45. The molecule has 1 aliphatic rings. The van der Waals surface area contributed by atoms with Crippen LogP contribution in [-0.4, -0.2) is 4.57 Å². The van der Waals surface area contributed by atoms with Crippen molar-refractivity contribution in [3.63, 3.8) is 0 Å². The first-order chi connectivity index (χ1) is 14.3. The Hall–Kier alpha value is -3.32. The minimum absolute atomic E-state index is 0.971. The van der Waals surface area contributed by atoms with E-state index in [1.807, 2.05) is 0 Å². The maximum Gasteiger partial charge on any atom is 0.0491 e. The first-order valence-electron chi connectivity index (χ1n) is 10.5. The van der Waals surface area contributed by atoms with Crippen LogP contribution in [0.5, 0.6) is 0 Å². The second-order valence-electron chi connectivity index (χ2n) is 8.07. The Morgan fingerprint density at radius 3 is 2.45 bits per heavy atom. The summed E-state index contributed by atoms with van der Waals surface area (Å²) < 4.78 is 2.42. The molecule has 140 valence electrons. The van der Waals surface area contributed by atoms with Gasteiger partial charge in [0.15, 0.2) is 0 Å². The molecule has 0 amide bonds. The lowest BCUT2D eigenvalue weighted by atomic mass is 9.94. The molecule has 0 atom stereocenters. The molecule has 0 fully saturated rings. The molecular weight excluding hydrogens is 350 g/mol. The summed E-state index contributed by atoms with van der Waals surface area (Å²) in [7, 11) is 0. The Morgan fingerprint density at radius 2 is 1.52 bits per heavy atom. The van der Waals surface area contributed by atoms with Gasteiger partial charge in [-0.05, 0) is 71.3 Å². The van der Waals surface area contributed by atoms with Gasteiger partial charge in [0.1, 0.15) is 0 Å². The van der Waals surface area contributed by atoms with Gasteiger partial charge in [0.25, 0.3) is 0 Å². The van der Waals surface area contributed by atoms with Crippen molar-refractivity contribution in [3.05, 3.63) is 107 Å². The molecule has 0 aliphatic heterocycles. The molecular formula is C28H23N. The lowest BCUT2D eigenvalue weighted by Gasteiger charge is -2.11. The zero-order valence-corrected chi connectivity index (χ0v) is 16.7. The number of hydrogen-bond donors (Lipinski definition) is 0. The van der Waals surface area contributed by atoms with Crippen molar-refractivity contribution in [3.8, 4) is 11.1 Å². The summed E-state index contributed by atoms with van der Waals surface area (Å²) in [5, 5.41) is 2.72. The fourth-order valence-electron chi connectivity index (χ4n) is 5.19. The Labute approximate surface area is 171 Å². The second-order valence-corrected chi connectivity index (χ2v) is 8.07. The van der Waals surface area contributed by atoms with E-state index < -0.39 is 0 Å². The van der Waals surface area contributed by atoms with E-state index in [1.54, 1.807) is 0 Å². The molecule has 1 aromatic heterocycles. The summed E-state index contributed by atoms with van der Waals surface area (Å²) in [6, 6.07) is 31.5. The third kappa shape index (κ3) is 2.47. The van der Waals surface area contributed by atoms with Crippen LogP contribution in [0.1, 0.15) is 29.2 Å². The summed E-state index contributed by atoms with van der Waals surface area (Å²) in [6.45, 7) is 3.22. The maximum atomic E-state index is 2.42. The number of aromatic nitrogens is 1. The van der Waals surface area contributed by atoms with Crippen LogP contribution in [0.2, 0.25) is 0 Å². The molecule has 0 radical (unpaired) electrons. The molecule has 0 N–H and O–H groups in total. The van der Waals surface area contributed by atoms with Crippen molar-refractivity contribution in [1.29, 1.82) is 0 Å². The summed E-state index contributed by atoms with van der Waals surface area (Å²) in [5.74, 6) is 0. The Kier molecular flexibility index (Phi) is 3.64. The number of para-hydroxylation sites is 1. The number of nitrogens with zero attached hydrogens (tertiary/aromatic N) is 1. The summed E-state index contributed by atoms with van der Waals surface area (Å²) in [6.07, 6.45) is 2.03. The van der Waals surface area contributed by atoms with Gasteiger partial charge in [0, 0.05) is 28.4 Å². The quantitative estimate of drug-likeness (QED) is 0.315. The molecule has 4 aromatic carbocycles. The van der Waals surface area contributed by atoms with Gasteiger partial charge in [-0.1, -0.05) is 66.7 Å². The molecule has 0 unspecified atom stereocenters. The molecule has 5 aromatic rings. The van der Waals surface area contributed by atoms with Crippen molar-refractivity contribution < 1.29 is 0 Å². The van der Waals surface area contributed by atoms with Crippen LogP contribution in [0.25, 0.3) is 32.9 Å². The van der Waals surface area contributed by atoms with Crippen molar-refractivity contribution in [2.75, 3.05) is 0 Å². The van der Waals surface area contributed by atoms with Crippen LogP contribution in [-0.2, 0) is 19.4 Å². The lowest BCUT2D eigenvalue weighted by Crippen LogP contribution is -1.95. The molecule has 0 saturated carbocycles. The van der Waals surface area contributed by atoms with Gasteiger partial charge in [-0.3, -0.25) is 0 Å². The van der Waals surface area contributed by atoms with Crippen LogP contribution in [0, 0.1) is 0 Å². The highest BCUT2D eigenvalue weighted by Gasteiger charge is 2.20. The topological polar surface area (TPSA) is 4.93 Å². The fraction of sp³-hybridized carbons (Fsp3) is 0.143. The Morgan fingerprint density at radius 1 is 0.724 bits per heavy atom. The number of benzene rings is 4. The van der Waals surface area contributed by atoms with Crippen molar-refractivity contribution in [1.82, 2.24) is 4.57 Å². The average Bonchev–Trinajstić information content (AvgIpc) is 3.29. The van der Waals surface area contributed by atoms with E-state index in [4.69, 9.17) is 0 Å². The van der Waals surface area contributed by atoms with E-state index >= 15 is 0 Å². The molecule has 1 aliphatic carbocycles. The van der Waals surface area contributed by atoms with Gasteiger partial charge in [-0.15, -0.1) is 0 Å². The van der Waals surface area contributed by atoms with Crippen LogP contribution in [0.3, 0.4) is 0 Å². The molecule has 1 nitrogen and oxygen atoms in total. The van der Waals surface area contributed by atoms with Crippen LogP contribution in [0.4, 0.5) is 0 Å². The van der Waals surface area contributed by atoms with E-state index in [0.29, 0.717) is 0 Å². The van der Waals surface area contributed by atoms with Crippen molar-refractivity contribution in [2.24, 2.45) is 0 Å². The summed E-state index contributed by atoms with van der Waals surface area (Å²) >= 11 is 0. The second kappa shape index (κ2) is 6.35. The molecule has 6 rings (SSSR count). The molecule has 1 heterocycles. The average molecular weight is 373 g/mol. The van der Waals surface area contributed by atoms with Crippen LogP contribution >= 0.6 is 0 Å². The van der Waals surface area contributed by atoms with Gasteiger partial charge in [-0.25, -0.2) is 0 Å². The minimum atomic E-state index is 0.971. The van der Waals surface area contributed by atoms with E-state index in [9.17, 15) is 0 Å². The Bertz CT molecular complexity index is 1390. The highest BCUT2D eigenvalue weighted by atomic mass is 15.0. The van der Waals surface area contributed by atoms with Gasteiger partial charge < -0.3 is 4.57 Å². The number of rotatable bonds is 3. The fourth-order valence-corrected chi connectivity index (χ4v) is 5.19. The highest BCUT2D eigenvalue weighted by Crippen LogP contribution is 2.40. The molecule has 0 saturated heterocycles. The summed E-state index contributed by atoms with van der Waals surface area (Å²) in [4.78, 5) is 0. The van der Waals surface area contributed by atoms with Crippen molar-refractivity contribution >= 4 is 21.8 Å². The zero-order chi connectivity index (χ0) is 19.4. The molecule has 1 heteroatoms. The maximum absolute atomic E-state index is 2.42. The first-order valence-corrected chi connectivity index (χ1v) is 10.5. The standard InChI is InChI=1S/C28H23N/c1-2-29-26-13-6-5-12-24(26)25-17-19(14-15-27(25)29)16-21-9-7-10-22-18-20-8-3-4-11-23(20)28(21)22/h3-15,17H,2,16,18H2,1H3. The van der Waals surface area contributed by atoms with Gasteiger partial charge in [0.05, 0.1) is 0 Å². The predicted octanol–water partition coefficient (Wildman–Crippen LogP) is 6.98. The van der Waals surface area contributed by atoms with Crippen molar-refractivity contribution in [2.45, 2.75) is 26.3 Å². The van der Waals surface area contributed by atoms with E-state index in [0.717, 1.165) is 19.4 Å². The smallest absolute Gasteiger partial charge is 0.0491 e. The third-order valence-electron chi connectivity index (χ3n) is 6.45. The summed E-state index contributed by atoms with van der Waals surface area (Å²) in [5.41, 5.74) is 11.3. The number of aryl methyl sites for hydroxylation is 1. The molecule has 0 spiro atoms. The SMILES string of the molecule is CCn1c2ccccc2c2cc(Cc3cccc4c3-c3ccccc3C4)ccc21. The monoisotopic (exact) mass is 373 g/mol. The first kappa shape index (κ1) is 16.6. The number of fused-ring (bicyclic) bond motifs is 6. The van der Waals surface area contributed by atoms with E-state index in [2.05, 4.69) is 96.4 Å². The number of hydrogen-bond acceptors (Lipinski definition) is 0. The predicted molar refractivity (Wildman–Crippen MR) is 123 cm³/mol. The van der Waals surface area contributed by atoms with E-state index in [-0.39, 0.29) is 0 Å². The highest BCUT2D eigenvalue weighted by molar-refractivity contribution is 6.08. The van der Waals surface area contributed by atoms with Crippen LogP contribution < -0.4 is 0 Å². The van der Waals surface area contributed by atoms with E-state index in [1.165, 1.54) is 55.2 Å². The largest absolute Gasteiger partial charge is 0.341 e. The van der Waals surface area contributed by atoms with Gasteiger partial charge in [-0.2, -0.15) is 0 Å². The molecule has 0 bridgehead atoms. The van der Waals surface area contributed by atoms with Gasteiger partial charge in [0.2, 0.25) is 0 Å². The lowest BCUT2D eigenvalue weighted by molar-refractivity contribution is 0.827. The van der Waals surface area contributed by atoms with Crippen LogP contribution in [0.15, 0.2) is 84.9 Å². The zero-order valence-electron chi connectivity index (χ0n) is 16.7. The van der Waals surface area contributed by atoms with Gasteiger partial charge >= 0.3 is 0 Å². The normalized spacial score (nSPS) is 12.4.